The SMILES string of the molecule is Nc1c(Cl)ccc(S(=O)(=O)Nc2ncccc2Br)c1Cl. The van der Waals surface area contributed by atoms with Gasteiger partial charge in [-0.05, 0) is 40.2 Å². The molecule has 1 heterocycles. The lowest BCUT2D eigenvalue weighted by Crippen LogP contribution is -2.15. The predicted octanol–water partition coefficient (Wildman–Crippen LogP) is 3.53. The van der Waals surface area contributed by atoms with E-state index in [2.05, 4.69) is 25.6 Å². The normalized spacial score (nSPS) is 11.3. The Morgan fingerprint density at radius 2 is 1.95 bits per heavy atom. The van der Waals surface area contributed by atoms with E-state index in [9.17, 15) is 8.42 Å². The van der Waals surface area contributed by atoms with E-state index in [0.29, 0.717) is 4.47 Å². The molecule has 5 nitrogen and oxygen atoms in total. The summed E-state index contributed by atoms with van der Waals surface area (Å²) in [6.07, 6.45) is 1.46. The van der Waals surface area contributed by atoms with E-state index in [1.165, 1.54) is 18.3 Å². The zero-order valence-electron chi connectivity index (χ0n) is 9.77. The molecule has 9 heteroatoms. The molecule has 0 aliphatic carbocycles. The van der Waals surface area contributed by atoms with Crippen LogP contribution in [0.4, 0.5) is 11.5 Å². The third kappa shape index (κ3) is 3.01. The maximum atomic E-state index is 12.3. The fourth-order valence-electron chi connectivity index (χ4n) is 1.40. The van der Waals surface area contributed by atoms with E-state index in [1.807, 2.05) is 0 Å². The Kier molecular flexibility index (Phi) is 4.43. The highest BCUT2D eigenvalue weighted by atomic mass is 79.9. The van der Waals surface area contributed by atoms with Gasteiger partial charge in [0.1, 0.15) is 4.90 Å². The highest BCUT2D eigenvalue weighted by Gasteiger charge is 2.22. The fraction of sp³-hybridized carbons (Fsp3) is 0. The van der Waals surface area contributed by atoms with E-state index >= 15 is 0 Å². The van der Waals surface area contributed by atoms with Gasteiger partial charge in [-0.25, -0.2) is 13.4 Å². The van der Waals surface area contributed by atoms with Gasteiger partial charge in [0.2, 0.25) is 0 Å². The Bertz CT molecular complexity index is 768. The molecule has 0 saturated heterocycles. The van der Waals surface area contributed by atoms with Gasteiger partial charge in [0.15, 0.2) is 5.82 Å². The van der Waals surface area contributed by atoms with Crippen molar-refractivity contribution in [1.29, 1.82) is 0 Å². The van der Waals surface area contributed by atoms with Crippen molar-refractivity contribution in [2.24, 2.45) is 0 Å². The Labute approximate surface area is 134 Å². The van der Waals surface area contributed by atoms with Crippen molar-refractivity contribution in [3.05, 3.63) is 45.0 Å². The van der Waals surface area contributed by atoms with E-state index < -0.39 is 10.0 Å². The van der Waals surface area contributed by atoms with Crippen LogP contribution in [-0.4, -0.2) is 13.4 Å². The minimum atomic E-state index is -3.92. The Balaban J connectivity index is 2.47. The first-order valence-corrected chi connectivity index (χ1v) is 8.23. The number of sulfonamides is 1. The summed E-state index contributed by atoms with van der Waals surface area (Å²) in [5, 5.41) is 0.0602. The molecule has 0 bridgehead atoms. The molecular formula is C11H8BrCl2N3O2S. The molecule has 1 aromatic carbocycles. The molecule has 0 spiro atoms. The molecule has 0 aliphatic heterocycles. The molecule has 0 aliphatic rings. The van der Waals surface area contributed by atoms with E-state index in [-0.39, 0.29) is 26.4 Å². The van der Waals surface area contributed by atoms with Crippen molar-refractivity contribution in [1.82, 2.24) is 4.98 Å². The van der Waals surface area contributed by atoms with Crippen LogP contribution < -0.4 is 10.5 Å². The maximum Gasteiger partial charge on any atom is 0.264 e. The first kappa shape index (κ1) is 15.4. The van der Waals surface area contributed by atoms with E-state index in [4.69, 9.17) is 28.9 Å². The molecule has 1 aromatic heterocycles. The number of rotatable bonds is 3. The quantitative estimate of drug-likeness (QED) is 0.777. The number of benzene rings is 1. The van der Waals surface area contributed by atoms with Gasteiger partial charge < -0.3 is 5.73 Å². The largest absolute Gasteiger partial charge is 0.396 e. The Morgan fingerprint density at radius 1 is 1.25 bits per heavy atom. The average Bonchev–Trinajstić information content (AvgIpc) is 2.38. The number of hydrogen-bond donors (Lipinski definition) is 2. The van der Waals surface area contributed by atoms with Crippen LogP contribution in [-0.2, 0) is 10.0 Å². The van der Waals surface area contributed by atoms with E-state index in [1.54, 1.807) is 12.1 Å². The minimum Gasteiger partial charge on any atom is -0.396 e. The molecule has 0 atom stereocenters. The summed E-state index contributed by atoms with van der Waals surface area (Å²) >= 11 is 14.9. The van der Waals surface area contributed by atoms with Gasteiger partial charge in [0.25, 0.3) is 10.0 Å². The van der Waals surface area contributed by atoms with Crippen molar-refractivity contribution in [2.75, 3.05) is 10.5 Å². The van der Waals surface area contributed by atoms with Crippen molar-refractivity contribution in [2.45, 2.75) is 4.90 Å². The zero-order chi connectivity index (χ0) is 14.9. The molecule has 0 saturated carbocycles. The number of nitrogens with two attached hydrogens (primary N) is 1. The van der Waals surface area contributed by atoms with Gasteiger partial charge in [-0.2, -0.15) is 0 Å². The van der Waals surface area contributed by atoms with Crippen LogP contribution in [0.3, 0.4) is 0 Å². The van der Waals surface area contributed by atoms with Gasteiger partial charge in [0, 0.05) is 6.20 Å². The molecule has 20 heavy (non-hydrogen) atoms. The number of halogens is 3. The summed E-state index contributed by atoms with van der Waals surface area (Å²) in [6.45, 7) is 0. The molecule has 106 valence electrons. The van der Waals surface area contributed by atoms with Crippen LogP contribution in [0, 0.1) is 0 Å². The first-order chi connectivity index (χ1) is 9.33. The molecular weight excluding hydrogens is 389 g/mol. The van der Waals surface area contributed by atoms with E-state index in [0.717, 1.165) is 0 Å². The summed E-state index contributed by atoms with van der Waals surface area (Å²) < 4.78 is 27.4. The van der Waals surface area contributed by atoms with Gasteiger partial charge in [0.05, 0.1) is 20.2 Å². The number of pyridine rings is 1. The molecule has 0 fully saturated rings. The van der Waals surface area contributed by atoms with Crippen molar-refractivity contribution in [3.8, 4) is 0 Å². The summed E-state index contributed by atoms with van der Waals surface area (Å²) in [4.78, 5) is 3.75. The maximum absolute atomic E-state index is 12.3. The number of nitrogen functional groups attached to an aromatic ring is 1. The summed E-state index contributed by atoms with van der Waals surface area (Å²) in [5.74, 6) is 0.150. The Hall–Kier alpha value is -1.02. The van der Waals surface area contributed by atoms with Crippen LogP contribution >= 0.6 is 39.1 Å². The third-order valence-electron chi connectivity index (χ3n) is 2.37. The van der Waals surface area contributed by atoms with Gasteiger partial charge in [-0.1, -0.05) is 23.2 Å². The lowest BCUT2D eigenvalue weighted by molar-refractivity contribution is 0.601. The number of hydrogen-bond acceptors (Lipinski definition) is 4. The number of nitrogens with zero attached hydrogens (tertiary/aromatic N) is 1. The number of anilines is 2. The molecule has 0 amide bonds. The zero-order valence-corrected chi connectivity index (χ0v) is 13.7. The molecule has 3 N–H and O–H groups in total. The van der Waals surface area contributed by atoms with Gasteiger partial charge in [-0.15, -0.1) is 0 Å². The second-order valence-corrected chi connectivity index (χ2v) is 7.00. The van der Waals surface area contributed by atoms with Crippen LogP contribution in [0.25, 0.3) is 0 Å². The van der Waals surface area contributed by atoms with Crippen molar-refractivity contribution >= 4 is 60.7 Å². The summed E-state index contributed by atoms with van der Waals surface area (Å²) in [7, 11) is -3.92. The topological polar surface area (TPSA) is 85.1 Å². The second kappa shape index (κ2) is 5.77. The molecule has 0 unspecified atom stereocenters. The predicted molar refractivity (Wildman–Crippen MR) is 83.6 cm³/mol. The van der Waals surface area contributed by atoms with Crippen molar-refractivity contribution in [3.63, 3.8) is 0 Å². The molecule has 2 aromatic rings. The van der Waals surface area contributed by atoms with Crippen molar-refractivity contribution < 1.29 is 8.42 Å². The smallest absolute Gasteiger partial charge is 0.264 e. The molecule has 2 rings (SSSR count). The molecule has 0 radical (unpaired) electrons. The summed E-state index contributed by atoms with van der Waals surface area (Å²) in [5.41, 5.74) is 5.63. The highest BCUT2D eigenvalue weighted by molar-refractivity contribution is 9.10. The highest BCUT2D eigenvalue weighted by Crippen LogP contribution is 2.34. The minimum absolute atomic E-state index is 0.0105. The number of nitrogens with one attached hydrogen (secondary N) is 1. The second-order valence-electron chi connectivity index (χ2n) is 3.71. The summed E-state index contributed by atoms with van der Waals surface area (Å²) in [6, 6.07) is 5.96. The monoisotopic (exact) mass is 395 g/mol. The van der Waals surface area contributed by atoms with Gasteiger partial charge in [-0.3, -0.25) is 4.72 Å². The fourth-order valence-corrected chi connectivity index (χ4v) is 3.68. The van der Waals surface area contributed by atoms with Gasteiger partial charge >= 0.3 is 0 Å². The third-order valence-corrected chi connectivity index (χ3v) is 5.24. The van der Waals surface area contributed by atoms with Crippen LogP contribution in [0.2, 0.25) is 10.0 Å². The lowest BCUT2D eigenvalue weighted by Gasteiger charge is -2.11. The standard InChI is InChI=1S/C11H8BrCl2N3O2S/c12-6-2-1-5-16-11(6)17-20(18,19)8-4-3-7(13)10(15)9(8)14/h1-5H,15H2,(H,16,17). The lowest BCUT2D eigenvalue weighted by atomic mass is 10.3. The first-order valence-electron chi connectivity index (χ1n) is 5.20. The van der Waals surface area contributed by atoms with Crippen LogP contribution in [0.5, 0.6) is 0 Å². The van der Waals surface area contributed by atoms with Crippen LogP contribution in [0.1, 0.15) is 0 Å². The average molecular weight is 397 g/mol. The van der Waals surface area contributed by atoms with Crippen LogP contribution in [0.15, 0.2) is 39.8 Å². The Morgan fingerprint density at radius 3 is 2.60 bits per heavy atom. The number of aromatic nitrogens is 1.